The first-order valence-electron chi connectivity index (χ1n) is 6.82. The van der Waals surface area contributed by atoms with Crippen LogP contribution in [0.25, 0.3) is 0 Å². The Bertz CT molecular complexity index is 640. The monoisotopic (exact) mass is 281 g/mol. The number of ether oxygens (including phenoxy) is 1. The lowest BCUT2D eigenvalue weighted by Crippen LogP contribution is -2.35. The van der Waals surface area contributed by atoms with Crippen molar-refractivity contribution >= 4 is 11.8 Å². The van der Waals surface area contributed by atoms with Gasteiger partial charge in [-0.05, 0) is 17.7 Å². The van der Waals surface area contributed by atoms with Crippen LogP contribution in [0, 0.1) is 0 Å². The Labute approximate surface area is 123 Å². The molecule has 1 fully saturated rings. The summed E-state index contributed by atoms with van der Waals surface area (Å²) in [6.07, 6.45) is -0.0989. The lowest BCUT2D eigenvalue weighted by molar-refractivity contribution is -0.128. The summed E-state index contributed by atoms with van der Waals surface area (Å²) < 4.78 is 5.48. The summed E-state index contributed by atoms with van der Waals surface area (Å²) in [5.41, 5.74) is 1.51. The zero-order valence-corrected chi connectivity index (χ0v) is 11.4. The predicted molar refractivity (Wildman–Crippen MR) is 77.5 cm³/mol. The van der Waals surface area contributed by atoms with Crippen molar-refractivity contribution < 1.29 is 14.3 Å². The Hall–Kier alpha value is -2.46. The minimum absolute atomic E-state index is 0.0179. The number of nitrogens with zero attached hydrogens (tertiary/aromatic N) is 1. The van der Waals surface area contributed by atoms with Gasteiger partial charge in [-0.3, -0.25) is 14.5 Å². The summed E-state index contributed by atoms with van der Waals surface area (Å²) in [6, 6.07) is 18.4. The molecule has 0 N–H and O–H groups in total. The molecule has 1 unspecified atom stereocenters. The molecule has 1 aliphatic rings. The molecule has 1 saturated heterocycles. The van der Waals surface area contributed by atoms with Crippen LogP contribution in [0.3, 0.4) is 0 Å². The highest BCUT2D eigenvalue weighted by molar-refractivity contribution is 6.06. The van der Waals surface area contributed by atoms with Crippen LogP contribution in [0.2, 0.25) is 0 Å². The molecule has 3 rings (SSSR count). The Kier molecular flexibility index (Phi) is 3.79. The van der Waals surface area contributed by atoms with E-state index in [0.717, 1.165) is 5.56 Å². The van der Waals surface area contributed by atoms with Crippen molar-refractivity contribution in [1.29, 1.82) is 0 Å². The third kappa shape index (κ3) is 2.85. The smallest absolute Gasteiger partial charge is 0.262 e. The lowest BCUT2D eigenvalue weighted by Gasteiger charge is -2.12. The Morgan fingerprint density at radius 3 is 2.33 bits per heavy atom. The summed E-state index contributed by atoms with van der Waals surface area (Å²) in [5.74, 6) is -0.580. The summed E-state index contributed by atoms with van der Waals surface area (Å²) >= 11 is 0. The van der Waals surface area contributed by atoms with E-state index in [2.05, 4.69) is 0 Å². The average molecular weight is 281 g/mol. The van der Waals surface area contributed by atoms with E-state index in [0.29, 0.717) is 12.0 Å². The van der Waals surface area contributed by atoms with Gasteiger partial charge < -0.3 is 4.74 Å². The highest BCUT2D eigenvalue weighted by Crippen LogP contribution is 2.18. The number of carbonyl (C=O) groups is 2. The molecule has 2 amide bonds. The number of imide groups is 1. The second-order valence-electron chi connectivity index (χ2n) is 4.91. The molecule has 0 spiro atoms. The van der Waals surface area contributed by atoms with Gasteiger partial charge in [-0.25, -0.2) is 0 Å². The topological polar surface area (TPSA) is 46.6 Å². The fraction of sp³-hybridized carbons (Fsp3) is 0.176. The van der Waals surface area contributed by atoms with Crippen LogP contribution in [0.5, 0.6) is 0 Å². The highest BCUT2D eigenvalue weighted by atomic mass is 16.5. The standard InChI is InChI=1S/C17H15NO3/c19-16(14-9-5-2-6-10-14)18-12-21-15(17(18)20)11-13-7-3-1-4-8-13/h1-10,15H,11-12H2. The molecule has 1 atom stereocenters. The van der Waals surface area contributed by atoms with Gasteiger partial charge in [0, 0.05) is 12.0 Å². The van der Waals surface area contributed by atoms with E-state index in [1.807, 2.05) is 36.4 Å². The van der Waals surface area contributed by atoms with Gasteiger partial charge in [-0.15, -0.1) is 0 Å². The van der Waals surface area contributed by atoms with E-state index in [1.54, 1.807) is 24.3 Å². The van der Waals surface area contributed by atoms with E-state index in [4.69, 9.17) is 4.74 Å². The largest absolute Gasteiger partial charge is 0.347 e. The van der Waals surface area contributed by atoms with Crippen molar-refractivity contribution in [2.45, 2.75) is 12.5 Å². The minimum Gasteiger partial charge on any atom is -0.347 e. The minimum atomic E-state index is -0.583. The van der Waals surface area contributed by atoms with E-state index in [1.165, 1.54) is 4.90 Å². The van der Waals surface area contributed by atoms with Crippen molar-refractivity contribution in [3.05, 3.63) is 71.8 Å². The molecule has 0 radical (unpaired) electrons. The van der Waals surface area contributed by atoms with E-state index in [-0.39, 0.29) is 18.5 Å². The Morgan fingerprint density at radius 2 is 1.67 bits per heavy atom. The maximum Gasteiger partial charge on any atom is 0.262 e. The number of amides is 2. The molecular weight excluding hydrogens is 266 g/mol. The molecule has 0 saturated carbocycles. The van der Waals surface area contributed by atoms with Crippen molar-refractivity contribution in [3.8, 4) is 0 Å². The van der Waals surface area contributed by atoms with Crippen LogP contribution >= 0.6 is 0 Å². The van der Waals surface area contributed by atoms with Gasteiger partial charge in [0.15, 0.2) is 0 Å². The second-order valence-corrected chi connectivity index (χ2v) is 4.91. The van der Waals surface area contributed by atoms with Gasteiger partial charge in [-0.2, -0.15) is 0 Å². The zero-order chi connectivity index (χ0) is 14.7. The van der Waals surface area contributed by atoms with Crippen LogP contribution in [0.1, 0.15) is 15.9 Å². The maximum atomic E-state index is 12.3. The lowest BCUT2D eigenvalue weighted by atomic mass is 10.1. The number of hydrogen-bond donors (Lipinski definition) is 0. The second kappa shape index (κ2) is 5.89. The summed E-state index contributed by atoms with van der Waals surface area (Å²) in [5, 5.41) is 0. The molecule has 21 heavy (non-hydrogen) atoms. The predicted octanol–water partition coefficient (Wildman–Crippen LogP) is 2.25. The summed E-state index contributed by atoms with van der Waals surface area (Å²) in [4.78, 5) is 25.8. The van der Waals surface area contributed by atoms with Gasteiger partial charge in [0.1, 0.15) is 12.8 Å². The third-order valence-corrected chi connectivity index (χ3v) is 3.48. The fourth-order valence-corrected chi connectivity index (χ4v) is 2.34. The van der Waals surface area contributed by atoms with Crippen LogP contribution in [0.15, 0.2) is 60.7 Å². The molecule has 4 nitrogen and oxygen atoms in total. The van der Waals surface area contributed by atoms with Gasteiger partial charge in [0.25, 0.3) is 11.8 Å². The van der Waals surface area contributed by atoms with Gasteiger partial charge >= 0.3 is 0 Å². The van der Waals surface area contributed by atoms with E-state index in [9.17, 15) is 9.59 Å². The molecule has 106 valence electrons. The van der Waals surface area contributed by atoms with Crippen LogP contribution in [-0.2, 0) is 16.0 Å². The van der Waals surface area contributed by atoms with Gasteiger partial charge in [0.2, 0.25) is 0 Å². The number of benzene rings is 2. The SMILES string of the molecule is O=C(c1ccccc1)N1COC(Cc2ccccc2)C1=O. The molecule has 1 heterocycles. The molecule has 0 aromatic heterocycles. The number of carbonyl (C=O) groups excluding carboxylic acids is 2. The zero-order valence-electron chi connectivity index (χ0n) is 11.4. The number of hydrogen-bond acceptors (Lipinski definition) is 3. The third-order valence-electron chi connectivity index (χ3n) is 3.48. The quantitative estimate of drug-likeness (QED) is 0.811. The van der Waals surface area contributed by atoms with Crippen molar-refractivity contribution in [3.63, 3.8) is 0 Å². The van der Waals surface area contributed by atoms with Crippen LogP contribution < -0.4 is 0 Å². The normalized spacial score (nSPS) is 18.0. The Morgan fingerprint density at radius 1 is 1.05 bits per heavy atom. The first-order chi connectivity index (χ1) is 10.3. The van der Waals surface area contributed by atoms with Crippen molar-refractivity contribution in [2.24, 2.45) is 0 Å². The van der Waals surface area contributed by atoms with Crippen LogP contribution in [0.4, 0.5) is 0 Å². The highest BCUT2D eigenvalue weighted by Gasteiger charge is 2.36. The molecular formula is C17H15NO3. The van der Waals surface area contributed by atoms with Gasteiger partial charge in [-0.1, -0.05) is 48.5 Å². The van der Waals surface area contributed by atoms with Gasteiger partial charge in [0.05, 0.1) is 0 Å². The summed E-state index contributed by atoms with van der Waals surface area (Å²) in [7, 11) is 0. The maximum absolute atomic E-state index is 12.3. The molecule has 2 aromatic carbocycles. The van der Waals surface area contributed by atoms with Crippen molar-refractivity contribution in [1.82, 2.24) is 4.90 Å². The van der Waals surface area contributed by atoms with E-state index < -0.39 is 6.10 Å². The molecule has 0 aliphatic carbocycles. The first-order valence-corrected chi connectivity index (χ1v) is 6.82. The molecule has 2 aromatic rings. The fourth-order valence-electron chi connectivity index (χ4n) is 2.34. The van der Waals surface area contributed by atoms with E-state index >= 15 is 0 Å². The van der Waals surface area contributed by atoms with Crippen molar-refractivity contribution in [2.75, 3.05) is 6.73 Å². The molecule has 0 bridgehead atoms. The number of rotatable bonds is 3. The molecule has 4 heteroatoms. The molecule has 1 aliphatic heterocycles. The Balaban J connectivity index is 1.71. The average Bonchev–Trinajstić information content (AvgIpc) is 2.89. The summed E-state index contributed by atoms with van der Waals surface area (Å²) in [6.45, 7) is 0.0179. The first kappa shape index (κ1) is 13.5. The van der Waals surface area contributed by atoms with Crippen LogP contribution in [-0.4, -0.2) is 29.5 Å².